The van der Waals surface area contributed by atoms with Crippen LogP contribution in [0.15, 0.2) is 58.9 Å². The van der Waals surface area contributed by atoms with E-state index in [1.54, 1.807) is 60.3 Å². The Morgan fingerprint density at radius 1 is 1.19 bits per heavy atom. The van der Waals surface area contributed by atoms with Crippen molar-refractivity contribution < 1.29 is 17.9 Å². The number of para-hydroxylation sites is 2. The van der Waals surface area contributed by atoms with Crippen LogP contribution in [0.3, 0.4) is 0 Å². The van der Waals surface area contributed by atoms with Gasteiger partial charge in [-0.15, -0.1) is 10.2 Å². The summed E-state index contributed by atoms with van der Waals surface area (Å²) in [5, 5.41) is 11.1. The third-order valence-corrected chi connectivity index (χ3v) is 8.51. The fourth-order valence-electron chi connectivity index (χ4n) is 3.16. The van der Waals surface area contributed by atoms with Gasteiger partial charge in [-0.3, -0.25) is 14.4 Å². The fourth-order valence-corrected chi connectivity index (χ4v) is 6.42. The summed E-state index contributed by atoms with van der Waals surface area (Å²) in [7, 11) is -3.75. The zero-order chi connectivity index (χ0) is 22.6. The van der Waals surface area contributed by atoms with E-state index in [0.717, 1.165) is 16.5 Å². The van der Waals surface area contributed by atoms with Gasteiger partial charge in [0.15, 0.2) is 10.4 Å². The number of nitrogens with one attached hydrogen (secondary N) is 1. The van der Waals surface area contributed by atoms with Crippen LogP contribution in [-0.4, -0.2) is 42.9 Å². The lowest BCUT2D eigenvalue weighted by Gasteiger charge is -2.34. The smallest absolute Gasteiger partial charge is 0.269 e. The number of sulfonamides is 1. The minimum Gasteiger partial charge on any atom is -0.476 e. The van der Waals surface area contributed by atoms with Gasteiger partial charge in [-0.1, -0.05) is 72.5 Å². The summed E-state index contributed by atoms with van der Waals surface area (Å²) >= 11 is 2.85. The Balaban J connectivity index is 1.54. The molecule has 2 aromatic carbocycles. The van der Waals surface area contributed by atoms with E-state index in [-0.39, 0.29) is 12.3 Å². The highest BCUT2D eigenvalue weighted by Crippen LogP contribution is 2.36. The molecular weight excluding hydrogens is 468 g/mol. The number of rotatable bonds is 8. The first-order chi connectivity index (χ1) is 15.5. The topological polar surface area (TPSA) is 101 Å². The van der Waals surface area contributed by atoms with Crippen LogP contribution in [0.2, 0.25) is 0 Å². The summed E-state index contributed by atoms with van der Waals surface area (Å²) < 4.78 is 34.4. The molecular formula is C21H22N4O4S3. The minimum atomic E-state index is -3.75. The Kier molecular flexibility index (Phi) is 6.97. The van der Waals surface area contributed by atoms with Gasteiger partial charge in [0.05, 0.1) is 18.0 Å². The van der Waals surface area contributed by atoms with E-state index in [0.29, 0.717) is 22.1 Å². The molecule has 2 heterocycles. The number of nitrogens with zero attached hydrogens (tertiary/aromatic N) is 3. The highest BCUT2D eigenvalue weighted by atomic mass is 32.2. The van der Waals surface area contributed by atoms with E-state index in [9.17, 15) is 13.2 Å². The molecule has 1 N–H and O–H groups in total. The number of ether oxygens (including phenoxy) is 1. The van der Waals surface area contributed by atoms with Crippen LogP contribution in [0.1, 0.15) is 18.9 Å². The van der Waals surface area contributed by atoms with Gasteiger partial charge in [0.25, 0.3) is 5.91 Å². The van der Waals surface area contributed by atoms with E-state index >= 15 is 0 Å². The number of anilines is 2. The molecule has 3 aromatic rings. The standard InChI is InChI=1S/C21H22N4O4S3/c1-2-12-30-21-24-23-20(31-21)22-19(26)18-13-25(16-10-6-7-11-17(16)29-18)32(27,28)14-15-8-4-3-5-9-15/h3-11,18H,2,12-14H2,1H3,(H,22,23,26)/t18-/m1/s1. The number of aromatic nitrogens is 2. The van der Waals surface area contributed by atoms with Crippen LogP contribution in [-0.2, 0) is 20.6 Å². The maximum absolute atomic E-state index is 13.3. The van der Waals surface area contributed by atoms with Crippen LogP contribution in [0.25, 0.3) is 0 Å². The Morgan fingerprint density at radius 2 is 1.94 bits per heavy atom. The normalized spacial score (nSPS) is 15.7. The summed E-state index contributed by atoms with van der Waals surface area (Å²) in [4.78, 5) is 12.9. The molecule has 4 rings (SSSR count). The Bertz CT molecular complexity index is 1180. The summed E-state index contributed by atoms with van der Waals surface area (Å²) in [5.74, 6) is 0.610. The van der Waals surface area contributed by atoms with E-state index < -0.39 is 22.0 Å². The number of thioether (sulfide) groups is 1. The van der Waals surface area contributed by atoms with Crippen molar-refractivity contribution in [2.75, 3.05) is 21.9 Å². The van der Waals surface area contributed by atoms with Gasteiger partial charge in [0, 0.05) is 5.75 Å². The number of hydrogen-bond acceptors (Lipinski definition) is 8. The first-order valence-electron chi connectivity index (χ1n) is 10.0. The van der Waals surface area contributed by atoms with Crippen molar-refractivity contribution in [3.05, 3.63) is 60.2 Å². The minimum absolute atomic E-state index is 0.131. The van der Waals surface area contributed by atoms with Crippen LogP contribution >= 0.6 is 23.1 Å². The zero-order valence-corrected chi connectivity index (χ0v) is 19.8. The van der Waals surface area contributed by atoms with E-state index in [2.05, 4.69) is 22.4 Å². The number of carbonyl (C=O) groups is 1. The SMILES string of the molecule is CCCSc1nnc(NC(=O)[C@H]2CN(S(=O)(=O)Cc3ccccc3)c3ccccc3O2)s1. The molecule has 0 spiro atoms. The van der Waals surface area contributed by atoms with Crippen LogP contribution in [0.5, 0.6) is 5.75 Å². The molecule has 0 saturated carbocycles. The highest BCUT2D eigenvalue weighted by molar-refractivity contribution is 8.01. The molecule has 1 atom stereocenters. The molecule has 1 aromatic heterocycles. The van der Waals surface area contributed by atoms with Crippen molar-refractivity contribution in [1.29, 1.82) is 0 Å². The summed E-state index contributed by atoms with van der Waals surface area (Å²) in [6, 6.07) is 15.8. The molecule has 1 aliphatic rings. The van der Waals surface area contributed by atoms with Crippen molar-refractivity contribution in [2.45, 2.75) is 29.5 Å². The second kappa shape index (κ2) is 9.88. The monoisotopic (exact) mass is 490 g/mol. The van der Waals surface area contributed by atoms with Gasteiger partial charge < -0.3 is 4.74 Å². The molecule has 32 heavy (non-hydrogen) atoms. The molecule has 0 aliphatic carbocycles. The molecule has 1 amide bonds. The Morgan fingerprint density at radius 3 is 2.72 bits per heavy atom. The van der Waals surface area contributed by atoms with Gasteiger partial charge in [0.2, 0.25) is 15.2 Å². The molecule has 0 radical (unpaired) electrons. The van der Waals surface area contributed by atoms with Crippen molar-refractivity contribution >= 4 is 49.8 Å². The second-order valence-electron chi connectivity index (χ2n) is 7.06. The molecule has 8 nitrogen and oxygen atoms in total. The molecule has 11 heteroatoms. The lowest BCUT2D eigenvalue weighted by atomic mass is 10.2. The first-order valence-corrected chi connectivity index (χ1v) is 13.4. The van der Waals surface area contributed by atoms with E-state index in [1.165, 1.54) is 15.6 Å². The maximum Gasteiger partial charge on any atom is 0.269 e. The summed E-state index contributed by atoms with van der Waals surface area (Å²) in [5.41, 5.74) is 1.09. The van der Waals surface area contributed by atoms with E-state index in [4.69, 9.17) is 4.74 Å². The van der Waals surface area contributed by atoms with Crippen molar-refractivity contribution in [2.24, 2.45) is 0 Å². The molecule has 0 bridgehead atoms. The van der Waals surface area contributed by atoms with Gasteiger partial charge in [-0.2, -0.15) is 0 Å². The molecule has 168 valence electrons. The predicted molar refractivity (Wildman–Crippen MR) is 127 cm³/mol. The molecule has 1 aliphatic heterocycles. The predicted octanol–water partition coefficient (Wildman–Crippen LogP) is 3.78. The lowest BCUT2D eigenvalue weighted by molar-refractivity contribution is -0.122. The maximum atomic E-state index is 13.3. The van der Waals surface area contributed by atoms with E-state index in [1.807, 2.05) is 6.07 Å². The van der Waals surface area contributed by atoms with Gasteiger partial charge in [-0.05, 0) is 24.1 Å². The Labute approximate surface area is 195 Å². The second-order valence-corrected chi connectivity index (χ2v) is 11.3. The lowest BCUT2D eigenvalue weighted by Crippen LogP contribution is -2.49. The molecule has 0 saturated heterocycles. The number of fused-ring (bicyclic) bond motifs is 1. The average Bonchev–Trinajstić information content (AvgIpc) is 3.24. The van der Waals surface area contributed by atoms with Crippen LogP contribution in [0, 0.1) is 0 Å². The van der Waals surface area contributed by atoms with Crippen LogP contribution in [0.4, 0.5) is 10.8 Å². The quantitative estimate of drug-likeness (QED) is 0.379. The third kappa shape index (κ3) is 5.22. The Hall–Kier alpha value is -2.63. The van der Waals surface area contributed by atoms with Crippen molar-refractivity contribution in [1.82, 2.24) is 10.2 Å². The zero-order valence-electron chi connectivity index (χ0n) is 17.3. The van der Waals surface area contributed by atoms with Gasteiger partial charge in [0.1, 0.15) is 5.75 Å². The summed E-state index contributed by atoms with van der Waals surface area (Å²) in [6.07, 6.45) is -0.0137. The molecule has 0 fully saturated rings. The fraction of sp³-hybridized carbons (Fsp3) is 0.286. The first kappa shape index (κ1) is 22.6. The van der Waals surface area contributed by atoms with Crippen molar-refractivity contribution in [3.8, 4) is 5.75 Å². The summed E-state index contributed by atoms with van der Waals surface area (Å²) in [6.45, 7) is 1.95. The largest absolute Gasteiger partial charge is 0.476 e. The molecule has 0 unspecified atom stereocenters. The van der Waals surface area contributed by atoms with Gasteiger partial charge in [-0.25, -0.2) is 8.42 Å². The van der Waals surface area contributed by atoms with Gasteiger partial charge >= 0.3 is 0 Å². The number of benzene rings is 2. The number of amides is 1. The van der Waals surface area contributed by atoms with Crippen LogP contribution < -0.4 is 14.4 Å². The third-order valence-electron chi connectivity index (χ3n) is 4.62. The number of carbonyl (C=O) groups excluding carboxylic acids is 1. The average molecular weight is 491 g/mol. The van der Waals surface area contributed by atoms with Crippen molar-refractivity contribution in [3.63, 3.8) is 0 Å². The highest BCUT2D eigenvalue weighted by Gasteiger charge is 2.37. The number of hydrogen-bond donors (Lipinski definition) is 1.